The molecule has 94 valence electrons. The number of rotatable bonds is 3. The lowest BCUT2D eigenvalue weighted by atomic mass is 10.2. The van der Waals surface area contributed by atoms with Crippen LogP contribution in [0.15, 0.2) is 48.5 Å². The van der Waals surface area contributed by atoms with E-state index in [0.717, 1.165) is 5.56 Å². The van der Waals surface area contributed by atoms with Crippen molar-refractivity contribution in [2.75, 3.05) is 0 Å². The molecule has 4 heteroatoms. The van der Waals surface area contributed by atoms with Crippen LogP contribution < -0.4 is 4.74 Å². The molecule has 0 atom stereocenters. The molecular formula is C15H10ClNO2. The first-order valence-electron chi connectivity index (χ1n) is 5.51. The van der Waals surface area contributed by atoms with Gasteiger partial charge in [0.15, 0.2) is 11.5 Å². The average Bonchev–Trinajstić information content (AvgIpc) is 2.38. The summed E-state index contributed by atoms with van der Waals surface area (Å²) in [7, 11) is 0. The van der Waals surface area contributed by atoms with E-state index < -0.39 is 0 Å². The smallest absolute Gasteiger partial charge is 0.169 e. The highest BCUT2D eigenvalue weighted by Crippen LogP contribution is 2.32. The number of nitriles is 1. The average molecular weight is 272 g/mol. The SMILES string of the molecule is N#CC=Cc1cc(Cl)cc(Oc2ccccc2O)c1. The van der Waals surface area contributed by atoms with Crippen LogP contribution in [0.1, 0.15) is 5.56 Å². The van der Waals surface area contributed by atoms with Crippen LogP contribution in [-0.2, 0) is 0 Å². The fourth-order valence-electron chi connectivity index (χ4n) is 1.54. The molecule has 0 spiro atoms. The maximum Gasteiger partial charge on any atom is 0.169 e. The molecule has 0 unspecified atom stereocenters. The molecule has 1 N–H and O–H groups in total. The van der Waals surface area contributed by atoms with Gasteiger partial charge < -0.3 is 9.84 Å². The first-order valence-corrected chi connectivity index (χ1v) is 5.89. The third-order valence-corrected chi connectivity index (χ3v) is 2.56. The van der Waals surface area contributed by atoms with E-state index in [1.165, 1.54) is 12.1 Å². The molecule has 0 bridgehead atoms. The van der Waals surface area contributed by atoms with Gasteiger partial charge in [-0.1, -0.05) is 23.7 Å². The number of phenolic OH excluding ortho intramolecular Hbond substituents is 1. The molecule has 3 nitrogen and oxygen atoms in total. The van der Waals surface area contributed by atoms with Crippen molar-refractivity contribution in [3.05, 3.63) is 59.1 Å². The van der Waals surface area contributed by atoms with E-state index in [1.807, 2.05) is 6.07 Å². The minimum absolute atomic E-state index is 0.0524. The zero-order chi connectivity index (χ0) is 13.7. The molecular weight excluding hydrogens is 262 g/mol. The molecule has 0 amide bonds. The standard InChI is InChI=1S/C15H10ClNO2/c16-12-8-11(4-3-7-17)9-13(10-12)19-15-6-2-1-5-14(15)18/h1-6,8-10,18H. The van der Waals surface area contributed by atoms with Crippen molar-refractivity contribution >= 4 is 17.7 Å². The molecule has 0 aliphatic rings. The second-order valence-corrected chi connectivity index (χ2v) is 4.19. The minimum atomic E-state index is 0.0524. The van der Waals surface area contributed by atoms with Gasteiger partial charge >= 0.3 is 0 Å². The van der Waals surface area contributed by atoms with Crippen molar-refractivity contribution in [2.45, 2.75) is 0 Å². The van der Waals surface area contributed by atoms with E-state index in [4.69, 9.17) is 21.6 Å². The second-order valence-electron chi connectivity index (χ2n) is 3.75. The van der Waals surface area contributed by atoms with Gasteiger partial charge in [0.05, 0.1) is 6.07 Å². The Morgan fingerprint density at radius 1 is 1.21 bits per heavy atom. The highest BCUT2D eigenvalue weighted by atomic mass is 35.5. The molecule has 2 aromatic carbocycles. The van der Waals surface area contributed by atoms with Crippen LogP contribution in [-0.4, -0.2) is 5.11 Å². The fraction of sp³-hybridized carbons (Fsp3) is 0. The molecule has 0 aromatic heterocycles. The maximum absolute atomic E-state index is 9.64. The third kappa shape index (κ3) is 3.51. The van der Waals surface area contributed by atoms with Gasteiger partial charge in [0.25, 0.3) is 0 Å². The summed E-state index contributed by atoms with van der Waals surface area (Å²) in [5, 5.41) is 18.6. The van der Waals surface area contributed by atoms with E-state index in [2.05, 4.69) is 0 Å². The predicted octanol–water partition coefficient (Wildman–Crippen LogP) is 4.37. The number of nitrogens with zero attached hydrogens (tertiary/aromatic N) is 1. The molecule has 0 aliphatic heterocycles. The van der Waals surface area contributed by atoms with E-state index >= 15 is 0 Å². The Balaban J connectivity index is 2.31. The molecule has 2 aromatic rings. The summed E-state index contributed by atoms with van der Waals surface area (Å²) in [6.07, 6.45) is 2.99. The van der Waals surface area contributed by atoms with Gasteiger partial charge in [0, 0.05) is 11.1 Å². The fourth-order valence-corrected chi connectivity index (χ4v) is 1.78. The van der Waals surface area contributed by atoms with E-state index in [9.17, 15) is 5.11 Å². The van der Waals surface area contributed by atoms with Crippen LogP contribution in [0.2, 0.25) is 5.02 Å². The van der Waals surface area contributed by atoms with Crippen LogP contribution in [0.5, 0.6) is 17.2 Å². The van der Waals surface area contributed by atoms with Crippen LogP contribution in [0.4, 0.5) is 0 Å². The Morgan fingerprint density at radius 3 is 2.74 bits per heavy atom. The number of phenols is 1. The largest absolute Gasteiger partial charge is 0.504 e. The Labute approximate surface area is 115 Å². The molecule has 0 heterocycles. The summed E-state index contributed by atoms with van der Waals surface area (Å²) in [5.41, 5.74) is 0.750. The number of ether oxygens (including phenoxy) is 1. The van der Waals surface area contributed by atoms with Crippen molar-refractivity contribution in [1.29, 1.82) is 5.26 Å². The Hall–Kier alpha value is -2.44. The van der Waals surface area contributed by atoms with Crippen molar-refractivity contribution in [1.82, 2.24) is 0 Å². The van der Waals surface area contributed by atoms with Crippen LogP contribution in [0, 0.1) is 11.3 Å². The first-order chi connectivity index (χ1) is 9.19. The van der Waals surface area contributed by atoms with Gasteiger partial charge in [-0.15, -0.1) is 0 Å². The van der Waals surface area contributed by atoms with Gasteiger partial charge in [-0.3, -0.25) is 0 Å². The lowest BCUT2D eigenvalue weighted by Gasteiger charge is -2.08. The minimum Gasteiger partial charge on any atom is -0.504 e. The van der Waals surface area contributed by atoms with Gasteiger partial charge in [0.2, 0.25) is 0 Å². The molecule has 0 saturated carbocycles. The molecule has 0 fully saturated rings. The highest BCUT2D eigenvalue weighted by Gasteiger charge is 2.04. The van der Waals surface area contributed by atoms with Crippen molar-refractivity contribution in [3.63, 3.8) is 0 Å². The summed E-state index contributed by atoms with van der Waals surface area (Å²) >= 11 is 5.98. The zero-order valence-electron chi connectivity index (χ0n) is 9.88. The molecule has 0 saturated heterocycles. The van der Waals surface area contributed by atoms with E-state index in [1.54, 1.807) is 42.5 Å². The maximum atomic E-state index is 9.64. The monoisotopic (exact) mass is 271 g/mol. The number of benzene rings is 2. The van der Waals surface area contributed by atoms with Crippen LogP contribution in [0.3, 0.4) is 0 Å². The first kappa shape index (κ1) is 13.0. The second kappa shape index (κ2) is 5.94. The lowest BCUT2D eigenvalue weighted by Crippen LogP contribution is -1.86. The van der Waals surface area contributed by atoms with Gasteiger partial charge in [0.1, 0.15) is 5.75 Å². The van der Waals surface area contributed by atoms with Crippen molar-refractivity contribution < 1.29 is 9.84 Å². The number of halogens is 1. The summed E-state index contributed by atoms with van der Waals surface area (Å²) in [4.78, 5) is 0. The lowest BCUT2D eigenvalue weighted by molar-refractivity contribution is 0.411. The summed E-state index contributed by atoms with van der Waals surface area (Å²) in [5.74, 6) is 0.892. The van der Waals surface area contributed by atoms with Crippen molar-refractivity contribution in [2.24, 2.45) is 0 Å². The Bertz CT molecular complexity index is 659. The Morgan fingerprint density at radius 2 is 2.00 bits per heavy atom. The molecule has 2 rings (SSSR count). The molecule has 0 aliphatic carbocycles. The topological polar surface area (TPSA) is 53.2 Å². The zero-order valence-corrected chi connectivity index (χ0v) is 10.6. The molecule has 0 radical (unpaired) electrons. The van der Waals surface area contributed by atoms with Crippen molar-refractivity contribution in [3.8, 4) is 23.3 Å². The summed E-state index contributed by atoms with van der Waals surface area (Å²) < 4.78 is 5.56. The van der Waals surface area contributed by atoms with Gasteiger partial charge in [-0.25, -0.2) is 0 Å². The number of aromatic hydroxyl groups is 1. The predicted molar refractivity (Wildman–Crippen MR) is 74.3 cm³/mol. The highest BCUT2D eigenvalue weighted by molar-refractivity contribution is 6.30. The quantitative estimate of drug-likeness (QED) is 0.843. The van der Waals surface area contributed by atoms with E-state index in [0.29, 0.717) is 16.5 Å². The summed E-state index contributed by atoms with van der Waals surface area (Å²) in [6, 6.07) is 13.7. The van der Waals surface area contributed by atoms with Gasteiger partial charge in [-0.05, 0) is 42.0 Å². The number of para-hydroxylation sites is 2. The number of hydrogen-bond donors (Lipinski definition) is 1. The summed E-state index contributed by atoms with van der Waals surface area (Å²) in [6.45, 7) is 0. The third-order valence-electron chi connectivity index (χ3n) is 2.34. The normalized spacial score (nSPS) is 10.3. The molecule has 19 heavy (non-hydrogen) atoms. The number of hydrogen-bond acceptors (Lipinski definition) is 3. The van der Waals surface area contributed by atoms with E-state index in [-0.39, 0.29) is 5.75 Å². The Kier molecular flexibility index (Phi) is 4.07. The number of allylic oxidation sites excluding steroid dienone is 1. The van der Waals surface area contributed by atoms with Crippen LogP contribution >= 0.6 is 11.6 Å². The van der Waals surface area contributed by atoms with Crippen LogP contribution in [0.25, 0.3) is 6.08 Å². The van der Waals surface area contributed by atoms with Gasteiger partial charge in [-0.2, -0.15) is 5.26 Å².